The minimum absolute atomic E-state index is 0.198. The van der Waals surface area contributed by atoms with Gasteiger partial charge in [-0.1, -0.05) is 0 Å². The maximum atomic E-state index is 9.01. The fourth-order valence-corrected chi connectivity index (χ4v) is 2.48. The number of aliphatic hydroxyl groups excluding tert-OH is 1. The second kappa shape index (κ2) is 9.98. The molecule has 0 heterocycles. The van der Waals surface area contributed by atoms with Gasteiger partial charge in [0.05, 0.1) is 6.61 Å². The third-order valence-electron chi connectivity index (χ3n) is 3.09. The highest BCUT2D eigenvalue weighted by Crippen LogP contribution is 2.17. The molecule has 0 aliphatic rings. The second-order valence-electron chi connectivity index (χ2n) is 4.48. The van der Waals surface area contributed by atoms with Crippen molar-refractivity contribution in [3.8, 4) is 0 Å². The van der Waals surface area contributed by atoms with E-state index in [2.05, 4.69) is 47.7 Å². The van der Waals surface area contributed by atoms with Crippen molar-refractivity contribution >= 4 is 23.1 Å². The number of anilines is 2. The Morgan fingerprint density at radius 3 is 2.53 bits per heavy atom. The molecule has 0 atom stereocenters. The van der Waals surface area contributed by atoms with Crippen molar-refractivity contribution in [2.75, 3.05) is 48.5 Å². The lowest BCUT2D eigenvalue weighted by molar-refractivity contribution is 0.302. The number of benzene rings is 1. The van der Waals surface area contributed by atoms with Crippen LogP contribution >= 0.6 is 11.8 Å². The van der Waals surface area contributed by atoms with Gasteiger partial charge in [0.15, 0.2) is 0 Å². The Hall–Kier alpha value is -0.870. The van der Waals surface area contributed by atoms with Crippen LogP contribution in [0, 0.1) is 0 Å². The zero-order valence-corrected chi connectivity index (χ0v) is 12.9. The molecule has 0 fully saturated rings. The fraction of sp³-hybridized carbons (Fsp3) is 0.600. The summed E-state index contributed by atoms with van der Waals surface area (Å²) in [6.45, 7) is 4.95. The summed E-state index contributed by atoms with van der Waals surface area (Å²) >= 11 is 1.91. The maximum Gasteiger partial charge on any atom is 0.0606 e. The summed E-state index contributed by atoms with van der Waals surface area (Å²) < 4.78 is 0. The lowest BCUT2D eigenvalue weighted by Crippen LogP contribution is -2.25. The smallest absolute Gasteiger partial charge is 0.0606 e. The molecule has 0 amide bonds. The normalized spacial score (nSPS) is 10.5. The average molecular weight is 282 g/mol. The number of nitrogens with zero attached hydrogens (tertiary/aromatic N) is 1. The lowest BCUT2D eigenvalue weighted by atomic mass is 10.2. The number of nitrogens with one attached hydrogen (secondary N) is 1. The van der Waals surface area contributed by atoms with E-state index in [1.54, 1.807) is 0 Å². The number of unbranched alkanes of at least 4 members (excludes halogenated alkanes) is 1. The minimum Gasteiger partial charge on any atom is -0.395 e. The van der Waals surface area contributed by atoms with E-state index in [4.69, 9.17) is 5.11 Å². The van der Waals surface area contributed by atoms with Gasteiger partial charge < -0.3 is 15.3 Å². The monoisotopic (exact) mass is 282 g/mol. The zero-order chi connectivity index (χ0) is 13.9. The summed E-state index contributed by atoms with van der Waals surface area (Å²) in [5, 5.41) is 12.5. The molecule has 0 spiro atoms. The predicted octanol–water partition coefficient (Wildman–Crippen LogP) is 3.06. The first-order valence-corrected chi connectivity index (χ1v) is 8.40. The van der Waals surface area contributed by atoms with Crippen LogP contribution in [-0.4, -0.2) is 43.4 Å². The third-order valence-corrected chi connectivity index (χ3v) is 3.79. The molecule has 1 rings (SSSR count). The van der Waals surface area contributed by atoms with Crippen LogP contribution in [-0.2, 0) is 0 Å². The highest BCUT2D eigenvalue weighted by molar-refractivity contribution is 7.98. The first kappa shape index (κ1) is 16.2. The Morgan fingerprint density at radius 2 is 1.95 bits per heavy atom. The highest BCUT2D eigenvalue weighted by Gasteiger charge is 2.02. The van der Waals surface area contributed by atoms with Crippen LogP contribution in [0.4, 0.5) is 11.4 Å². The van der Waals surface area contributed by atoms with Gasteiger partial charge in [-0.3, -0.25) is 0 Å². The van der Waals surface area contributed by atoms with E-state index in [1.165, 1.54) is 30.0 Å². The van der Waals surface area contributed by atoms with Crippen molar-refractivity contribution in [3.63, 3.8) is 0 Å². The van der Waals surface area contributed by atoms with Gasteiger partial charge in [-0.05, 0) is 56.0 Å². The molecule has 19 heavy (non-hydrogen) atoms. The second-order valence-corrected chi connectivity index (χ2v) is 5.46. The fourth-order valence-electron chi connectivity index (χ4n) is 1.98. The van der Waals surface area contributed by atoms with Crippen LogP contribution in [0.1, 0.15) is 19.8 Å². The van der Waals surface area contributed by atoms with Crippen molar-refractivity contribution in [1.29, 1.82) is 0 Å². The first-order valence-electron chi connectivity index (χ1n) is 7.00. The molecule has 0 aliphatic heterocycles. The molecule has 2 N–H and O–H groups in total. The molecular formula is C15H26N2OS. The van der Waals surface area contributed by atoms with Crippen molar-refractivity contribution in [2.24, 2.45) is 0 Å². The molecule has 0 saturated heterocycles. The highest BCUT2D eigenvalue weighted by atomic mass is 32.2. The summed E-state index contributed by atoms with van der Waals surface area (Å²) in [5.74, 6) is 1.24. The topological polar surface area (TPSA) is 35.5 Å². The Balaban J connectivity index is 2.38. The van der Waals surface area contributed by atoms with Gasteiger partial charge in [0.1, 0.15) is 0 Å². The molecule has 3 nitrogen and oxygen atoms in total. The number of likely N-dealkylation sites (N-methyl/N-ethyl adjacent to an activating group) is 1. The third kappa shape index (κ3) is 6.21. The molecule has 4 heteroatoms. The van der Waals surface area contributed by atoms with Gasteiger partial charge in [-0.2, -0.15) is 11.8 Å². The summed E-state index contributed by atoms with van der Waals surface area (Å²) in [4.78, 5) is 2.17. The number of hydrogen-bond donors (Lipinski definition) is 2. The Bertz CT molecular complexity index is 329. The van der Waals surface area contributed by atoms with Crippen molar-refractivity contribution in [1.82, 2.24) is 0 Å². The average Bonchev–Trinajstić information content (AvgIpc) is 2.45. The Kier molecular flexibility index (Phi) is 8.50. The molecule has 108 valence electrons. The van der Waals surface area contributed by atoms with Crippen LogP contribution in [0.3, 0.4) is 0 Å². The standard InChI is InChI=1S/C15H26N2OS/c1-3-17(11-12-18)15-8-6-14(7-9-15)16-10-4-5-13-19-2/h6-9,16,18H,3-5,10-13H2,1-2H3. The van der Waals surface area contributed by atoms with Gasteiger partial charge in [-0.15, -0.1) is 0 Å². The van der Waals surface area contributed by atoms with E-state index in [9.17, 15) is 0 Å². The van der Waals surface area contributed by atoms with Gasteiger partial charge in [-0.25, -0.2) is 0 Å². The van der Waals surface area contributed by atoms with Gasteiger partial charge in [0, 0.05) is 31.0 Å². The molecule has 0 unspecified atom stereocenters. The SMILES string of the molecule is CCN(CCO)c1ccc(NCCCCSC)cc1. The molecule has 0 aliphatic carbocycles. The largest absolute Gasteiger partial charge is 0.395 e. The van der Waals surface area contributed by atoms with Crippen LogP contribution < -0.4 is 10.2 Å². The van der Waals surface area contributed by atoms with Gasteiger partial charge >= 0.3 is 0 Å². The summed E-state index contributed by atoms with van der Waals surface area (Å²) in [5.41, 5.74) is 2.34. The molecule has 0 saturated carbocycles. The Labute approximate surface area is 121 Å². The van der Waals surface area contributed by atoms with E-state index < -0.39 is 0 Å². The van der Waals surface area contributed by atoms with Crippen LogP contribution in [0.15, 0.2) is 24.3 Å². The number of thioether (sulfide) groups is 1. The predicted molar refractivity (Wildman–Crippen MR) is 87.5 cm³/mol. The summed E-state index contributed by atoms with van der Waals surface area (Å²) in [6, 6.07) is 8.46. The van der Waals surface area contributed by atoms with E-state index in [0.717, 1.165) is 13.1 Å². The van der Waals surface area contributed by atoms with E-state index in [0.29, 0.717) is 6.54 Å². The maximum absolute atomic E-state index is 9.01. The lowest BCUT2D eigenvalue weighted by Gasteiger charge is -2.22. The quantitative estimate of drug-likeness (QED) is 0.647. The number of hydrogen-bond acceptors (Lipinski definition) is 4. The van der Waals surface area contributed by atoms with Crippen LogP contribution in [0.25, 0.3) is 0 Å². The van der Waals surface area contributed by atoms with E-state index in [-0.39, 0.29) is 6.61 Å². The molecule has 0 aromatic heterocycles. The van der Waals surface area contributed by atoms with Crippen molar-refractivity contribution in [2.45, 2.75) is 19.8 Å². The number of rotatable bonds is 10. The number of aliphatic hydroxyl groups is 1. The molecule has 0 bridgehead atoms. The van der Waals surface area contributed by atoms with Crippen molar-refractivity contribution < 1.29 is 5.11 Å². The molecule has 1 aromatic rings. The molecule has 1 aromatic carbocycles. The minimum atomic E-state index is 0.198. The van der Waals surface area contributed by atoms with Crippen molar-refractivity contribution in [3.05, 3.63) is 24.3 Å². The van der Waals surface area contributed by atoms with Gasteiger partial charge in [0.2, 0.25) is 0 Å². The van der Waals surface area contributed by atoms with Crippen LogP contribution in [0.2, 0.25) is 0 Å². The van der Waals surface area contributed by atoms with Crippen LogP contribution in [0.5, 0.6) is 0 Å². The van der Waals surface area contributed by atoms with Gasteiger partial charge in [0.25, 0.3) is 0 Å². The Morgan fingerprint density at radius 1 is 1.21 bits per heavy atom. The zero-order valence-electron chi connectivity index (χ0n) is 12.1. The summed E-state index contributed by atoms with van der Waals surface area (Å²) in [7, 11) is 0. The molecule has 0 radical (unpaired) electrons. The van der Waals surface area contributed by atoms with E-state index in [1.807, 2.05) is 11.8 Å². The first-order chi connectivity index (χ1) is 9.31. The summed E-state index contributed by atoms with van der Waals surface area (Å²) in [6.07, 6.45) is 4.64. The van der Waals surface area contributed by atoms with E-state index >= 15 is 0 Å². The molecular weight excluding hydrogens is 256 g/mol.